The third kappa shape index (κ3) is 4.29. The molecule has 0 saturated carbocycles. The predicted molar refractivity (Wildman–Crippen MR) is 83.0 cm³/mol. The van der Waals surface area contributed by atoms with Gasteiger partial charge in [0.1, 0.15) is 0 Å². The first kappa shape index (κ1) is 14.5. The van der Waals surface area contributed by atoms with E-state index < -0.39 is 0 Å². The van der Waals surface area contributed by atoms with Crippen LogP contribution in [0.2, 0.25) is 0 Å². The van der Waals surface area contributed by atoms with Gasteiger partial charge in [-0.1, -0.05) is 46.0 Å². The third-order valence-electron chi connectivity index (χ3n) is 2.16. The lowest BCUT2D eigenvalue weighted by Crippen LogP contribution is -2.11. The van der Waals surface area contributed by atoms with E-state index in [1.54, 1.807) is 23.9 Å². The molecule has 1 aromatic heterocycles. The van der Waals surface area contributed by atoms with E-state index in [1.165, 1.54) is 11.3 Å². The van der Waals surface area contributed by atoms with Crippen molar-refractivity contribution in [1.82, 2.24) is 10.2 Å². The number of thioether (sulfide) groups is 1. The van der Waals surface area contributed by atoms with Crippen molar-refractivity contribution in [2.75, 3.05) is 11.1 Å². The van der Waals surface area contributed by atoms with Gasteiger partial charge in [-0.25, -0.2) is 0 Å². The Morgan fingerprint density at radius 1 is 1.37 bits per heavy atom. The topological polar surface area (TPSA) is 54.9 Å². The van der Waals surface area contributed by atoms with Crippen LogP contribution >= 0.6 is 39.0 Å². The van der Waals surface area contributed by atoms with Crippen LogP contribution in [0.4, 0.5) is 5.13 Å². The Balaban J connectivity index is 1.98. The van der Waals surface area contributed by atoms with Gasteiger partial charge in [-0.15, -0.1) is 10.2 Å². The maximum atomic E-state index is 12.0. The van der Waals surface area contributed by atoms with Crippen molar-refractivity contribution < 1.29 is 4.79 Å². The second-order valence-corrected chi connectivity index (χ2v) is 6.92. The number of nitrogens with zero attached hydrogens (tertiary/aromatic N) is 2. The number of hydrogen-bond donors (Lipinski definition) is 1. The molecule has 1 N–H and O–H groups in total. The van der Waals surface area contributed by atoms with Gasteiger partial charge in [0, 0.05) is 15.8 Å². The van der Waals surface area contributed by atoms with Crippen molar-refractivity contribution in [3.8, 4) is 0 Å². The Labute approximate surface area is 128 Å². The van der Waals surface area contributed by atoms with Crippen molar-refractivity contribution in [2.45, 2.75) is 17.7 Å². The number of hydrogen-bond acceptors (Lipinski definition) is 5. The Hall–Kier alpha value is -0.920. The minimum absolute atomic E-state index is 0.171. The predicted octanol–water partition coefficient (Wildman–Crippen LogP) is 4.06. The van der Waals surface area contributed by atoms with E-state index in [9.17, 15) is 4.79 Å². The number of carbonyl (C=O) groups is 1. The number of carbonyl (C=O) groups excluding carboxylic acids is 1. The van der Waals surface area contributed by atoms with Gasteiger partial charge in [0.2, 0.25) is 5.13 Å². The summed E-state index contributed by atoms with van der Waals surface area (Å²) in [7, 11) is 0. The van der Waals surface area contributed by atoms with E-state index in [0.717, 1.165) is 21.0 Å². The molecule has 19 heavy (non-hydrogen) atoms. The van der Waals surface area contributed by atoms with E-state index >= 15 is 0 Å². The summed E-state index contributed by atoms with van der Waals surface area (Å²) in [6.45, 7) is 2.12. The summed E-state index contributed by atoms with van der Waals surface area (Å²) in [5.41, 5.74) is 0.598. The molecule has 2 aromatic rings. The van der Waals surface area contributed by atoms with Gasteiger partial charge in [-0.2, -0.15) is 0 Å². The summed E-state index contributed by atoms with van der Waals surface area (Å²) in [6.07, 6.45) is 1.09. The van der Waals surface area contributed by atoms with Gasteiger partial charge in [0.25, 0.3) is 5.91 Å². The first-order valence-corrected chi connectivity index (χ1v) is 8.31. The molecule has 100 valence electrons. The number of aromatic nitrogens is 2. The molecule has 0 atom stereocenters. The zero-order valence-electron chi connectivity index (χ0n) is 10.2. The van der Waals surface area contributed by atoms with E-state index in [2.05, 4.69) is 38.4 Å². The highest BCUT2D eigenvalue weighted by Gasteiger charge is 2.10. The average molecular weight is 358 g/mol. The van der Waals surface area contributed by atoms with Crippen LogP contribution in [-0.4, -0.2) is 21.9 Å². The van der Waals surface area contributed by atoms with Crippen LogP contribution in [0.25, 0.3) is 0 Å². The molecule has 0 aliphatic carbocycles. The Morgan fingerprint density at radius 3 is 2.79 bits per heavy atom. The van der Waals surface area contributed by atoms with Gasteiger partial charge in [0.05, 0.1) is 0 Å². The smallest absolute Gasteiger partial charge is 0.257 e. The first-order valence-electron chi connectivity index (χ1n) is 5.72. The lowest BCUT2D eigenvalue weighted by atomic mass is 10.2. The summed E-state index contributed by atoms with van der Waals surface area (Å²) < 4.78 is 1.83. The lowest BCUT2D eigenvalue weighted by Gasteiger charge is -2.00. The average Bonchev–Trinajstić information content (AvgIpc) is 2.84. The monoisotopic (exact) mass is 357 g/mol. The zero-order chi connectivity index (χ0) is 13.7. The van der Waals surface area contributed by atoms with Crippen LogP contribution in [0.1, 0.15) is 23.7 Å². The second kappa shape index (κ2) is 7.02. The highest BCUT2D eigenvalue weighted by Crippen LogP contribution is 2.26. The fourth-order valence-corrected chi connectivity index (χ4v) is 3.22. The van der Waals surface area contributed by atoms with Crippen LogP contribution in [0.15, 0.2) is 33.1 Å². The van der Waals surface area contributed by atoms with Crippen molar-refractivity contribution in [3.63, 3.8) is 0 Å². The molecule has 0 unspecified atom stereocenters. The van der Waals surface area contributed by atoms with Gasteiger partial charge in [-0.3, -0.25) is 10.1 Å². The number of rotatable bonds is 5. The number of benzene rings is 1. The van der Waals surface area contributed by atoms with Crippen LogP contribution in [0, 0.1) is 0 Å². The normalized spacial score (nSPS) is 10.4. The summed E-state index contributed by atoms with van der Waals surface area (Å²) >= 11 is 6.39. The maximum absolute atomic E-state index is 12.0. The van der Waals surface area contributed by atoms with Gasteiger partial charge in [-0.05, 0) is 30.7 Å². The van der Waals surface area contributed by atoms with Crippen LogP contribution in [0.3, 0.4) is 0 Å². The number of nitrogens with one attached hydrogen (secondary N) is 1. The van der Waals surface area contributed by atoms with E-state index in [4.69, 9.17) is 0 Å². The molecule has 7 heteroatoms. The SMILES string of the molecule is CCCSc1nnc(NC(=O)c2ccc(Br)cc2)s1. The van der Waals surface area contributed by atoms with Crippen molar-refractivity contribution in [2.24, 2.45) is 0 Å². The molecule has 0 spiro atoms. The summed E-state index contributed by atoms with van der Waals surface area (Å²) in [5.74, 6) is 0.839. The summed E-state index contributed by atoms with van der Waals surface area (Å²) in [4.78, 5) is 12.0. The van der Waals surface area contributed by atoms with Gasteiger partial charge in [0.15, 0.2) is 4.34 Å². The molecule has 2 rings (SSSR count). The zero-order valence-corrected chi connectivity index (χ0v) is 13.4. The van der Waals surface area contributed by atoms with Crippen molar-refractivity contribution in [1.29, 1.82) is 0 Å². The van der Waals surface area contributed by atoms with Crippen molar-refractivity contribution in [3.05, 3.63) is 34.3 Å². The van der Waals surface area contributed by atoms with Crippen LogP contribution < -0.4 is 5.32 Å². The summed E-state index contributed by atoms with van der Waals surface area (Å²) in [5, 5.41) is 11.3. The molecule has 0 bridgehead atoms. The standard InChI is InChI=1S/C12H12BrN3OS2/c1-2-7-18-12-16-15-11(19-12)14-10(17)8-3-5-9(13)6-4-8/h3-6H,2,7H2,1H3,(H,14,15,17). The molecule has 4 nitrogen and oxygen atoms in total. The second-order valence-electron chi connectivity index (χ2n) is 3.68. The maximum Gasteiger partial charge on any atom is 0.257 e. The molecular formula is C12H12BrN3OS2. The molecular weight excluding hydrogens is 346 g/mol. The number of amides is 1. The van der Waals surface area contributed by atoms with E-state index in [0.29, 0.717) is 10.7 Å². The van der Waals surface area contributed by atoms with Crippen molar-refractivity contribution >= 4 is 50.1 Å². The molecule has 0 aliphatic heterocycles. The van der Waals surface area contributed by atoms with Crippen LogP contribution in [-0.2, 0) is 0 Å². The van der Waals surface area contributed by atoms with Gasteiger partial charge >= 0.3 is 0 Å². The van der Waals surface area contributed by atoms with Crippen LogP contribution in [0.5, 0.6) is 0 Å². The highest BCUT2D eigenvalue weighted by atomic mass is 79.9. The Morgan fingerprint density at radius 2 is 2.11 bits per heavy atom. The fraction of sp³-hybridized carbons (Fsp3) is 0.250. The molecule has 1 aromatic carbocycles. The quantitative estimate of drug-likeness (QED) is 0.647. The molecule has 0 saturated heterocycles. The number of halogens is 1. The molecule has 1 amide bonds. The first-order chi connectivity index (χ1) is 9.19. The molecule has 0 aliphatic rings. The Kier molecular flexibility index (Phi) is 5.35. The molecule has 1 heterocycles. The largest absolute Gasteiger partial charge is 0.296 e. The van der Waals surface area contributed by atoms with E-state index in [1.807, 2.05) is 12.1 Å². The Bertz CT molecular complexity index is 556. The molecule has 0 fully saturated rings. The fourth-order valence-electron chi connectivity index (χ4n) is 1.28. The lowest BCUT2D eigenvalue weighted by molar-refractivity contribution is 0.102. The minimum atomic E-state index is -0.171. The summed E-state index contributed by atoms with van der Waals surface area (Å²) in [6, 6.07) is 7.18. The molecule has 0 radical (unpaired) electrons. The minimum Gasteiger partial charge on any atom is -0.296 e. The third-order valence-corrected chi connectivity index (χ3v) is 4.87. The number of anilines is 1. The van der Waals surface area contributed by atoms with Gasteiger partial charge < -0.3 is 0 Å². The highest BCUT2D eigenvalue weighted by molar-refractivity contribution is 9.10. The van der Waals surface area contributed by atoms with E-state index in [-0.39, 0.29) is 5.91 Å².